The Labute approximate surface area is 166 Å². The van der Waals surface area contributed by atoms with Crippen molar-refractivity contribution in [3.63, 3.8) is 0 Å². The second-order valence-corrected chi connectivity index (χ2v) is 6.60. The number of amides is 2. The van der Waals surface area contributed by atoms with Crippen molar-refractivity contribution < 1.29 is 18.7 Å². The molecule has 0 bridgehead atoms. The molecule has 2 amide bonds. The molecule has 29 heavy (non-hydrogen) atoms. The van der Waals surface area contributed by atoms with E-state index in [1.165, 1.54) is 40.0 Å². The number of piperidine rings is 1. The molecule has 3 rings (SSSR count). The predicted octanol–water partition coefficient (Wildman–Crippen LogP) is 2.41. The maximum absolute atomic E-state index is 13.1. The number of benzene rings is 1. The van der Waals surface area contributed by atoms with Gasteiger partial charge < -0.3 is 20.7 Å². The van der Waals surface area contributed by atoms with Crippen molar-refractivity contribution in [2.45, 2.75) is 19.4 Å². The average Bonchev–Trinajstić information content (AvgIpc) is 3.13. The molecule has 0 radical (unpaired) electrons. The summed E-state index contributed by atoms with van der Waals surface area (Å²) in [5.41, 5.74) is 6.12. The Balaban J connectivity index is 1.89. The summed E-state index contributed by atoms with van der Waals surface area (Å²) < 4.78 is 19.6. The third-order valence-corrected chi connectivity index (χ3v) is 4.72. The van der Waals surface area contributed by atoms with Gasteiger partial charge in [-0.3, -0.25) is 9.48 Å². The number of primary amides is 1. The van der Waals surface area contributed by atoms with Crippen LogP contribution in [0.5, 0.6) is 0 Å². The van der Waals surface area contributed by atoms with Crippen molar-refractivity contribution in [1.29, 1.82) is 5.26 Å². The zero-order valence-corrected chi connectivity index (χ0v) is 15.8. The van der Waals surface area contributed by atoms with Crippen molar-refractivity contribution in [3.8, 4) is 6.07 Å². The van der Waals surface area contributed by atoms with Crippen LogP contribution in [-0.2, 0) is 4.74 Å². The molecule has 1 aromatic heterocycles. The van der Waals surface area contributed by atoms with Crippen molar-refractivity contribution in [2.24, 2.45) is 11.7 Å². The molecule has 0 aliphatic carbocycles. The Morgan fingerprint density at radius 2 is 2.14 bits per heavy atom. The molecule has 1 unspecified atom stereocenters. The van der Waals surface area contributed by atoms with E-state index in [-0.39, 0.29) is 24.5 Å². The fraction of sp³-hybridized carbons (Fsp3) is 0.368. The van der Waals surface area contributed by atoms with Crippen molar-refractivity contribution >= 4 is 23.5 Å². The summed E-state index contributed by atoms with van der Waals surface area (Å²) in [6.07, 6.45) is 1.45. The minimum Gasteiger partial charge on any atom is -0.450 e. The van der Waals surface area contributed by atoms with E-state index in [0.29, 0.717) is 18.7 Å². The largest absolute Gasteiger partial charge is 0.450 e. The number of ether oxygens (including phenoxy) is 1. The van der Waals surface area contributed by atoms with Crippen LogP contribution in [0.25, 0.3) is 0 Å². The summed E-state index contributed by atoms with van der Waals surface area (Å²) in [4.78, 5) is 25.5. The molecule has 1 fully saturated rings. The van der Waals surface area contributed by atoms with Gasteiger partial charge >= 0.3 is 6.09 Å². The van der Waals surface area contributed by atoms with Gasteiger partial charge in [-0.05, 0) is 37.6 Å². The van der Waals surface area contributed by atoms with Crippen LogP contribution in [0.2, 0.25) is 0 Å². The lowest BCUT2D eigenvalue weighted by Gasteiger charge is -2.35. The maximum Gasteiger partial charge on any atom is 0.409 e. The fourth-order valence-electron chi connectivity index (χ4n) is 3.23. The number of anilines is 2. The van der Waals surface area contributed by atoms with E-state index in [4.69, 9.17) is 10.5 Å². The Morgan fingerprint density at radius 3 is 2.76 bits per heavy atom. The lowest BCUT2D eigenvalue weighted by atomic mass is 9.93. The molecular formula is C19H21FN6O3. The van der Waals surface area contributed by atoms with Crippen molar-refractivity contribution in [3.05, 3.63) is 41.8 Å². The van der Waals surface area contributed by atoms with Gasteiger partial charge in [-0.1, -0.05) is 0 Å². The predicted molar refractivity (Wildman–Crippen MR) is 102 cm³/mol. The van der Waals surface area contributed by atoms with Crippen molar-refractivity contribution in [1.82, 2.24) is 14.7 Å². The highest BCUT2D eigenvalue weighted by Crippen LogP contribution is 2.30. The number of aromatic nitrogens is 2. The van der Waals surface area contributed by atoms with Gasteiger partial charge in [0.1, 0.15) is 11.4 Å². The molecule has 3 N–H and O–H groups in total. The molecule has 1 aliphatic rings. The summed E-state index contributed by atoms with van der Waals surface area (Å²) in [5, 5.41) is 16.9. The van der Waals surface area contributed by atoms with Gasteiger partial charge in [0.05, 0.1) is 24.6 Å². The minimum absolute atomic E-state index is 0.124. The van der Waals surface area contributed by atoms with Crippen LogP contribution in [-0.4, -0.2) is 46.4 Å². The molecule has 0 saturated carbocycles. The van der Waals surface area contributed by atoms with Gasteiger partial charge in [0.15, 0.2) is 5.82 Å². The third kappa shape index (κ3) is 4.45. The average molecular weight is 400 g/mol. The molecule has 1 aromatic carbocycles. The second kappa shape index (κ2) is 8.60. The highest BCUT2D eigenvalue weighted by molar-refractivity contribution is 5.98. The molecule has 10 heteroatoms. The van der Waals surface area contributed by atoms with E-state index in [1.54, 1.807) is 6.92 Å². The zero-order valence-electron chi connectivity index (χ0n) is 15.8. The standard InChI is InChI=1S/C19H21FN6O3/c1-2-29-19(28)25-8-7-12(9-21)16(11-25)26-10-15(17(22)27)18(24-26)23-14-5-3-13(20)4-6-14/h3-6,10,12,16H,2,7-8,11H2,1H3,(H2,22,27)(H,23,24)/t12-,16?/m0/s1. The first-order valence-corrected chi connectivity index (χ1v) is 9.15. The SMILES string of the molecule is CCOC(=O)N1CC[C@@H](C#N)C(n2cc(C(N)=O)c(Nc3ccc(F)cc3)n2)C1. The number of halogens is 1. The van der Waals surface area contributed by atoms with E-state index in [1.807, 2.05) is 0 Å². The Bertz CT molecular complexity index is 936. The number of hydrogen-bond donors (Lipinski definition) is 2. The van der Waals surface area contributed by atoms with Crippen LogP contribution in [0, 0.1) is 23.1 Å². The molecule has 152 valence electrons. The molecule has 2 heterocycles. The quantitative estimate of drug-likeness (QED) is 0.794. The number of carbonyl (C=O) groups excluding carboxylic acids is 2. The van der Waals surface area contributed by atoms with E-state index < -0.39 is 29.8 Å². The summed E-state index contributed by atoms with van der Waals surface area (Å²) in [6, 6.07) is 7.31. The molecule has 2 aromatic rings. The molecular weight excluding hydrogens is 379 g/mol. The fourth-order valence-corrected chi connectivity index (χ4v) is 3.23. The van der Waals surface area contributed by atoms with Gasteiger partial charge in [0.25, 0.3) is 5.91 Å². The number of rotatable bonds is 5. The van der Waals surface area contributed by atoms with Crippen LogP contribution in [0.3, 0.4) is 0 Å². The molecule has 2 atom stereocenters. The Morgan fingerprint density at radius 1 is 1.41 bits per heavy atom. The number of hydrogen-bond acceptors (Lipinski definition) is 6. The van der Waals surface area contributed by atoms with Crippen LogP contribution in [0.15, 0.2) is 30.5 Å². The highest BCUT2D eigenvalue weighted by atomic mass is 19.1. The topological polar surface area (TPSA) is 126 Å². The summed E-state index contributed by atoms with van der Waals surface area (Å²) >= 11 is 0. The van der Waals surface area contributed by atoms with E-state index in [2.05, 4.69) is 16.5 Å². The zero-order chi connectivity index (χ0) is 21.0. The first-order valence-electron chi connectivity index (χ1n) is 9.15. The molecule has 1 aliphatic heterocycles. The highest BCUT2D eigenvalue weighted by Gasteiger charge is 2.34. The Hall–Kier alpha value is -3.61. The van der Waals surface area contributed by atoms with Gasteiger partial charge in [0, 0.05) is 25.0 Å². The van der Waals surface area contributed by atoms with E-state index in [9.17, 15) is 19.2 Å². The van der Waals surface area contributed by atoms with Gasteiger partial charge in [-0.15, -0.1) is 0 Å². The lowest BCUT2D eigenvalue weighted by molar-refractivity contribution is 0.0797. The maximum atomic E-state index is 13.1. The van der Waals surface area contributed by atoms with Gasteiger partial charge in [-0.2, -0.15) is 10.4 Å². The number of nitrogens with one attached hydrogen (secondary N) is 1. The number of nitriles is 1. The summed E-state index contributed by atoms with van der Waals surface area (Å²) in [5.74, 6) is -1.31. The van der Waals surface area contributed by atoms with Crippen LogP contribution < -0.4 is 11.1 Å². The third-order valence-electron chi connectivity index (χ3n) is 4.72. The normalized spacial score (nSPS) is 18.7. The monoisotopic (exact) mass is 400 g/mol. The number of carbonyl (C=O) groups is 2. The van der Waals surface area contributed by atoms with Crippen LogP contribution in [0.1, 0.15) is 29.7 Å². The van der Waals surface area contributed by atoms with Crippen molar-refractivity contribution in [2.75, 3.05) is 25.0 Å². The lowest BCUT2D eigenvalue weighted by Crippen LogP contribution is -2.44. The van der Waals surface area contributed by atoms with E-state index >= 15 is 0 Å². The van der Waals surface area contributed by atoms with Crippen LogP contribution in [0.4, 0.5) is 20.7 Å². The smallest absolute Gasteiger partial charge is 0.409 e. The first-order chi connectivity index (χ1) is 13.9. The van der Waals surface area contributed by atoms with Gasteiger partial charge in [0.2, 0.25) is 0 Å². The number of likely N-dealkylation sites (tertiary alicyclic amines) is 1. The Kier molecular flexibility index (Phi) is 5.97. The number of nitrogens with two attached hydrogens (primary N) is 1. The molecule has 0 spiro atoms. The second-order valence-electron chi connectivity index (χ2n) is 6.60. The van der Waals surface area contributed by atoms with Crippen LogP contribution >= 0.6 is 0 Å². The molecule has 1 saturated heterocycles. The summed E-state index contributed by atoms with van der Waals surface area (Å²) in [6.45, 7) is 2.59. The van der Waals surface area contributed by atoms with E-state index in [0.717, 1.165) is 0 Å². The number of nitrogens with zero attached hydrogens (tertiary/aromatic N) is 4. The van der Waals surface area contributed by atoms with Gasteiger partial charge in [-0.25, -0.2) is 9.18 Å². The molecule has 9 nitrogen and oxygen atoms in total. The first kappa shape index (κ1) is 20.1. The minimum atomic E-state index is -0.701. The summed E-state index contributed by atoms with van der Waals surface area (Å²) in [7, 11) is 0.